The lowest BCUT2D eigenvalue weighted by Gasteiger charge is -2.11. The first-order chi connectivity index (χ1) is 18.2. The SMILES string of the molecule is Clc1cc(-c2cccc(-c3cc(-c4ccccc4)nc(-c4ccccc4)n3)c2)cc(-c2ccccn2)c1. The second kappa shape index (κ2) is 10.2. The third kappa shape index (κ3) is 5.04. The number of benzene rings is 4. The molecule has 0 fully saturated rings. The summed E-state index contributed by atoms with van der Waals surface area (Å²) in [4.78, 5) is 14.4. The first-order valence-electron chi connectivity index (χ1n) is 12.1. The van der Waals surface area contributed by atoms with Gasteiger partial charge in [0.25, 0.3) is 0 Å². The van der Waals surface area contributed by atoms with E-state index in [2.05, 4.69) is 53.5 Å². The van der Waals surface area contributed by atoms with E-state index in [9.17, 15) is 0 Å². The standard InChI is InChI=1S/C33H22ClN3/c34-29-20-27(19-28(21-29)30-16-7-8-17-35-30)25-14-9-15-26(18-25)32-22-31(23-10-3-1-4-11-23)36-33(37-32)24-12-5-2-6-13-24/h1-22H. The largest absolute Gasteiger partial charge is 0.256 e. The molecule has 0 spiro atoms. The first kappa shape index (κ1) is 22.8. The molecule has 37 heavy (non-hydrogen) atoms. The second-order valence-electron chi connectivity index (χ2n) is 8.72. The molecule has 0 aliphatic carbocycles. The van der Waals surface area contributed by atoms with Gasteiger partial charge in [0.15, 0.2) is 5.82 Å². The van der Waals surface area contributed by atoms with E-state index in [1.54, 1.807) is 6.20 Å². The number of hydrogen-bond acceptors (Lipinski definition) is 3. The van der Waals surface area contributed by atoms with Crippen LogP contribution in [0.1, 0.15) is 0 Å². The summed E-state index contributed by atoms with van der Waals surface area (Å²) in [5.41, 5.74) is 8.73. The molecule has 0 amide bonds. The highest BCUT2D eigenvalue weighted by atomic mass is 35.5. The maximum atomic E-state index is 6.54. The first-order valence-corrected chi connectivity index (χ1v) is 12.4. The van der Waals surface area contributed by atoms with Gasteiger partial charge in [-0.3, -0.25) is 4.98 Å². The van der Waals surface area contributed by atoms with Crippen molar-refractivity contribution in [3.05, 3.63) is 139 Å². The van der Waals surface area contributed by atoms with Crippen LogP contribution in [0.15, 0.2) is 134 Å². The second-order valence-corrected chi connectivity index (χ2v) is 9.15. The molecule has 4 aromatic carbocycles. The number of hydrogen-bond donors (Lipinski definition) is 0. The Hall–Kier alpha value is -4.60. The molecule has 0 aliphatic rings. The van der Waals surface area contributed by atoms with Crippen LogP contribution in [0.4, 0.5) is 0 Å². The van der Waals surface area contributed by atoms with Gasteiger partial charge in [-0.2, -0.15) is 0 Å². The average molecular weight is 496 g/mol. The van der Waals surface area contributed by atoms with Gasteiger partial charge in [0.2, 0.25) is 0 Å². The highest BCUT2D eigenvalue weighted by molar-refractivity contribution is 6.31. The van der Waals surface area contributed by atoms with Crippen molar-refractivity contribution in [2.75, 3.05) is 0 Å². The van der Waals surface area contributed by atoms with Crippen molar-refractivity contribution in [3.8, 4) is 56.3 Å². The average Bonchev–Trinajstić information content (AvgIpc) is 2.98. The summed E-state index contributed by atoms with van der Waals surface area (Å²) in [7, 11) is 0. The van der Waals surface area contributed by atoms with Gasteiger partial charge in [0.05, 0.1) is 17.1 Å². The zero-order valence-electron chi connectivity index (χ0n) is 19.9. The van der Waals surface area contributed by atoms with Crippen LogP contribution in [-0.2, 0) is 0 Å². The van der Waals surface area contributed by atoms with Crippen LogP contribution in [0.25, 0.3) is 56.3 Å². The zero-order chi connectivity index (χ0) is 25.0. The van der Waals surface area contributed by atoms with Gasteiger partial charge in [-0.25, -0.2) is 9.97 Å². The van der Waals surface area contributed by atoms with Crippen LogP contribution in [0.3, 0.4) is 0 Å². The highest BCUT2D eigenvalue weighted by Crippen LogP contribution is 2.33. The minimum absolute atomic E-state index is 0.670. The van der Waals surface area contributed by atoms with Gasteiger partial charge in [-0.1, -0.05) is 96.5 Å². The lowest BCUT2D eigenvalue weighted by Crippen LogP contribution is -1.96. The molecule has 2 heterocycles. The van der Waals surface area contributed by atoms with Gasteiger partial charge >= 0.3 is 0 Å². The lowest BCUT2D eigenvalue weighted by molar-refractivity contribution is 1.18. The fourth-order valence-corrected chi connectivity index (χ4v) is 4.60. The minimum Gasteiger partial charge on any atom is -0.256 e. The van der Waals surface area contributed by atoms with Gasteiger partial charge < -0.3 is 0 Å². The molecule has 176 valence electrons. The molecule has 3 nitrogen and oxygen atoms in total. The number of pyridine rings is 1. The molecular formula is C33H22ClN3. The third-order valence-electron chi connectivity index (χ3n) is 6.18. The predicted octanol–water partition coefficient (Wildman–Crippen LogP) is 8.86. The molecule has 2 aromatic heterocycles. The fraction of sp³-hybridized carbons (Fsp3) is 0. The molecule has 6 aromatic rings. The summed E-state index contributed by atoms with van der Waals surface area (Å²) in [6, 6.07) is 42.7. The molecule has 4 heteroatoms. The van der Waals surface area contributed by atoms with E-state index in [1.807, 2.05) is 78.9 Å². The van der Waals surface area contributed by atoms with Crippen LogP contribution in [-0.4, -0.2) is 15.0 Å². The Morgan fingerprint density at radius 3 is 1.73 bits per heavy atom. The summed E-state index contributed by atoms with van der Waals surface area (Å²) >= 11 is 6.54. The van der Waals surface area contributed by atoms with Gasteiger partial charge in [-0.15, -0.1) is 0 Å². The van der Waals surface area contributed by atoms with E-state index in [1.165, 1.54) is 0 Å². The minimum atomic E-state index is 0.670. The van der Waals surface area contributed by atoms with Crippen molar-refractivity contribution in [1.82, 2.24) is 15.0 Å². The number of rotatable bonds is 5. The van der Waals surface area contributed by atoms with Gasteiger partial charge in [0, 0.05) is 33.5 Å². The van der Waals surface area contributed by atoms with Crippen LogP contribution in [0, 0.1) is 0 Å². The summed E-state index contributed by atoms with van der Waals surface area (Å²) in [5.74, 6) is 0.697. The van der Waals surface area contributed by atoms with Gasteiger partial charge in [0.1, 0.15) is 0 Å². The van der Waals surface area contributed by atoms with E-state index in [0.29, 0.717) is 10.8 Å². The normalized spacial score (nSPS) is 10.8. The molecule has 0 bridgehead atoms. The van der Waals surface area contributed by atoms with Crippen LogP contribution >= 0.6 is 11.6 Å². The topological polar surface area (TPSA) is 38.7 Å². The summed E-state index contributed by atoms with van der Waals surface area (Å²) in [5, 5.41) is 0.670. The Morgan fingerprint density at radius 1 is 0.405 bits per heavy atom. The number of aromatic nitrogens is 3. The smallest absolute Gasteiger partial charge is 0.160 e. The third-order valence-corrected chi connectivity index (χ3v) is 6.40. The van der Waals surface area contributed by atoms with Crippen molar-refractivity contribution in [2.24, 2.45) is 0 Å². The summed E-state index contributed by atoms with van der Waals surface area (Å²) in [6.45, 7) is 0. The van der Waals surface area contributed by atoms with Crippen LogP contribution in [0.5, 0.6) is 0 Å². The monoisotopic (exact) mass is 495 g/mol. The fourth-order valence-electron chi connectivity index (χ4n) is 4.36. The molecular weight excluding hydrogens is 474 g/mol. The highest BCUT2D eigenvalue weighted by Gasteiger charge is 2.12. The van der Waals surface area contributed by atoms with Crippen LogP contribution in [0.2, 0.25) is 5.02 Å². The number of halogens is 1. The van der Waals surface area contributed by atoms with E-state index >= 15 is 0 Å². The Kier molecular flexibility index (Phi) is 6.28. The molecule has 0 unspecified atom stereocenters. The van der Waals surface area contributed by atoms with Crippen molar-refractivity contribution in [1.29, 1.82) is 0 Å². The van der Waals surface area contributed by atoms with Crippen LogP contribution < -0.4 is 0 Å². The Balaban J connectivity index is 1.47. The van der Waals surface area contributed by atoms with Crippen molar-refractivity contribution in [2.45, 2.75) is 0 Å². The zero-order valence-corrected chi connectivity index (χ0v) is 20.7. The lowest BCUT2D eigenvalue weighted by atomic mass is 9.98. The van der Waals surface area contributed by atoms with E-state index in [-0.39, 0.29) is 0 Å². The Labute approximate surface area is 221 Å². The molecule has 0 N–H and O–H groups in total. The maximum absolute atomic E-state index is 6.54. The molecule has 0 radical (unpaired) electrons. The molecule has 0 saturated heterocycles. The molecule has 0 aliphatic heterocycles. The predicted molar refractivity (Wildman–Crippen MR) is 152 cm³/mol. The quantitative estimate of drug-likeness (QED) is 0.240. The van der Waals surface area contributed by atoms with Crippen molar-refractivity contribution < 1.29 is 0 Å². The Bertz CT molecular complexity index is 1610. The number of nitrogens with zero attached hydrogens (tertiary/aromatic N) is 3. The molecule has 0 atom stereocenters. The van der Waals surface area contributed by atoms with Crippen molar-refractivity contribution >= 4 is 11.6 Å². The van der Waals surface area contributed by atoms with E-state index in [4.69, 9.17) is 21.6 Å². The summed E-state index contributed by atoms with van der Waals surface area (Å²) in [6.07, 6.45) is 1.79. The van der Waals surface area contributed by atoms with Crippen molar-refractivity contribution in [3.63, 3.8) is 0 Å². The maximum Gasteiger partial charge on any atom is 0.160 e. The van der Waals surface area contributed by atoms with E-state index in [0.717, 1.165) is 50.5 Å². The Morgan fingerprint density at radius 2 is 1.00 bits per heavy atom. The van der Waals surface area contributed by atoms with Gasteiger partial charge in [-0.05, 0) is 53.6 Å². The van der Waals surface area contributed by atoms with E-state index < -0.39 is 0 Å². The summed E-state index contributed by atoms with van der Waals surface area (Å²) < 4.78 is 0. The molecule has 6 rings (SSSR count). The molecule has 0 saturated carbocycles.